The maximum Gasteiger partial charge on any atom is 0.334 e. The van der Waals surface area contributed by atoms with E-state index in [0.717, 1.165) is 32.1 Å². The standard InChI is InChI=1S/C10H26N2O2Si/c1-11-7-5-8-12-9-6-10-15(4,13-2)14-3/h11-12H,5-10H2,1-4H3. The molecule has 0 aromatic rings. The normalized spacial score (nSPS) is 12.0. The minimum Gasteiger partial charge on any atom is -0.398 e. The summed E-state index contributed by atoms with van der Waals surface area (Å²) in [5.41, 5.74) is 0. The van der Waals surface area contributed by atoms with Gasteiger partial charge in [-0.15, -0.1) is 0 Å². The lowest BCUT2D eigenvalue weighted by Gasteiger charge is -2.22. The zero-order valence-corrected chi connectivity index (χ0v) is 11.6. The first-order valence-electron chi connectivity index (χ1n) is 5.64. The molecule has 0 saturated carbocycles. The van der Waals surface area contributed by atoms with Crippen LogP contribution < -0.4 is 10.6 Å². The van der Waals surface area contributed by atoms with Crippen LogP contribution in [-0.2, 0) is 8.85 Å². The fourth-order valence-corrected chi connectivity index (χ4v) is 2.73. The predicted octanol–water partition coefficient (Wildman–Crippen LogP) is 0.940. The zero-order valence-electron chi connectivity index (χ0n) is 10.6. The van der Waals surface area contributed by atoms with Crippen molar-refractivity contribution in [3.05, 3.63) is 0 Å². The third kappa shape index (κ3) is 7.93. The van der Waals surface area contributed by atoms with E-state index in [2.05, 4.69) is 17.2 Å². The van der Waals surface area contributed by atoms with E-state index in [9.17, 15) is 0 Å². The second-order valence-electron chi connectivity index (χ2n) is 3.85. The van der Waals surface area contributed by atoms with Gasteiger partial charge >= 0.3 is 8.56 Å². The minimum atomic E-state index is -1.83. The van der Waals surface area contributed by atoms with Gasteiger partial charge in [0.1, 0.15) is 0 Å². The van der Waals surface area contributed by atoms with Crippen LogP contribution in [0.1, 0.15) is 12.8 Å². The molecule has 0 unspecified atom stereocenters. The van der Waals surface area contributed by atoms with Gasteiger partial charge in [0.25, 0.3) is 0 Å². The lowest BCUT2D eigenvalue weighted by atomic mass is 10.4. The molecule has 0 bridgehead atoms. The van der Waals surface area contributed by atoms with Crippen LogP contribution in [0.25, 0.3) is 0 Å². The van der Waals surface area contributed by atoms with Gasteiger partial charge in [-0.25, -0.2) is 0 Å². The summed E-state index contributed by atoms with van der Waals surface area (Å²) in [7, 11) is 3.65. The second-order valence-corrected chi connectivity index (χ2v) is 7.44. The van der Waals surface area contributed by atoms with Crippen LogP contribution in [0.3, 0.4) is 0 Å². The molecule has 0 atom stereocenters. The summed E-state index contributed by atoms with van der Waals surface area (Å²) < 4.78 is 10.8. The molecule has 0 aromatic carbocycles. The maximum atomic E-state index is 5.41. The summed E-state index contributed by atoms with van der Waals surface area (Å²) in [6.07, 6.45) is 2.31. The fraction of sp³-hybridized carbons (Fsp3) is 1.00. The summed E-state index contributed by atoms with van der Waals surface area (Å²) in [6.45, 7) is 5.32. The molecular formula is C10H26N2O2Si. The third-order valence-corrected chi connectivity index (χ3v) is 5.62. The Morgan fingerprint density at radius 3 is 2.13 bits per heavy atom. The highest BCUT2D eigenvalue weighted by Crippen LogP contribution is 2.12. The molecule has 0 aliphatic rings. The first kappa shape index (κ1) is 15.1. The van der Waals surface area contributed by atoms with Crippen molar-refractivity contribution in [1.82, 2.24) is 10.6 Å². The van der Waals surface area contributed by atoms with Crippen LogP contribution in [-0.4, -0.2) is 49.5 Å². The van der Waals surface area contributed by atoms with Crippen LogP contribution in [0.2, 0.25) is 12.6 Å². The molecule has 2 N–H and O–H groups in total. The molecule has 4 nitrogen and oxygen atoms in total. The van der Waals surface area contributed by atoms with Gasteiger partial charge in [-0.1, -0.05) is 0 Å². The lowest BCUT2D eigenvalue weighted by molar-refractivity contribution is 0.248. The Morgan fingerprint density at radius 2 is 1.60 bits per heavy atom. The molecule has 0 rings (SSSR count). The number of hydrogen-bond acceptors (Lipinski definition) is 4. The quantitative estimate of drug-likeness (QED) is 0.436. The Labute approximate surface area is 95.0 Å². The predicted molar refractivity (Wildman–Crippen MR) is 66.5 cm³/mol. The summed E-state index contributed by atoms with van der Waals surface area (Å²) >= 11 is 0. The molecule has 0 saturated heterocycles. The Morgan fingerprint density at radius 1 is 1.00 bits per heavy atom. The maximum absolute atomic E-state index is 5.41. The third-order valence-electron chi connectivity index (χ3n) is 2.63. The molecular weight excluding hydrogens is 208 g/mol. The monoisotopic (exact) mass is 234 g/mol. The van der Waals surface area contributed by atoms with Gasteiger partial charge in [-0.05, 0) is 52.1 Å². The SMILES string of the molecule is CNCCCNCCC[Si](C)(OC)OC. The molecule has 0 heterocycles. The molecule has 0 amide bonds. The van der Waals surface area contributed by atoms with Gasteiger partial charge in [-0.2, -0.15) is 0 Å². The van der Waals surface area contributed by atoms with Crippen LogP contribution in [0.5, 0.6) is 0 Å². The van der Waals surface area contributed by atoms with E-state index in [1.54, 1.807) is 14.2 Å². The Hall–Kier alpha value is 0.0569. The molecule has 0 fully saturated rings. The van der Waals surface area contributed by atoms with Gasteiger partial charge in [0.15, 0.2) is 0 Å². The average Bonchev–Trinajstić information content (AvgIpc) is 2.27. The Balaban J connectivity index is 3.29. The number of rotatable bonds is 10. The van der Waals surface area contributed by atoms with E-state index in [-0.39, 0.29) is 0 Å². The number of nitrogens with one attached hydrogen (secondary N) is 2. The minimum absolute atomic E-state index is 1.05. The second kappa shape index (κ2) is 9.29. The summed E-state index contributed by atoms with van der Waals surface area (Å²) in [5, 5.41) is 6.54. The topological polar surface area (TPSA) is 42.5 Å². The fourth-order valence-electron chi connectivity index (χ4n) is 1.34. The van der Waals surface area contributed by atoms with Gasteiger partial charge in [0.05, 0.1) is 0 Å². The van der Waals surface area contributed by atoms with E-state index in [0.29, 0.717) is 0 Å². The molecule has 0 aliphatic carbocycles. The van der Waals surface area contributed by atoms with Crippen molar-refractivity contribution < 1.29 is 8.85 Å². The Kier molecular flexibility index (Phi) is 9.33. The molecule has 0 aliphatic heterocycles. The molecule has 0 aromatic heterocycles. The highest BCUT2D eigenvalue weighted by molar-refractivity contribution is 6.65. The Bertz CT molecular complexity index is 143. The average molecular weight is 234 g/mol. The van der Waals surface area contributed by atoms with E-state index in [1.165, 1.54) is 6.42 Å². The van der Waals surface area contributed by atoms with Crippen LogP contribution >= 0.6 is 0 Å². The van der Waals surface area contributed by atoms with Crippen molar-refractivity contribution in [2.24, 2.45) is 0 Å². The highest BCUT2D eigenvalue weighted by atomic mass is 28.4. The van der Waals surface area contributed by atoms with Gasteiger partial charge < -0.3 is 19.5 Å². The summed E-state index contributed by atoms with van der Waals surface area (Å²) in [5.74, 6) is 0. The molecule has 0 radical (unpaired) electrons. The van der Waals surface area contributed by atoms with E-state index in [4.69, 9.17) is 8.85 Å². The van der Waals surface area contributed by atoms with Gasteiger partial charge in [-0.3, -0.25) is 0 Å². The highest BCUT2D eigenvalue weighted by Gasteiger charge is 2.27. The van der Waals surface area contributed by atoms with E-state index >= 15 is 0 Å². The van der Waals surface area contributed by atoms with Crippen molar-refractivity contribution in [2.45, 2.75) is 25.4 Å². The molecule has 5 heteroatoms. The van der Waals surface area contributed by atoms with Crippen molar-refractivity contribution >= 4 is 8.56 Å². The van der Waals surface area contributed by atoms with Crippen LogP contribution in [0.4, 0.5) is 0 Å². The molecule has 15 heavy (non-hydrogen) atoms. The van der Waals surface area contributed by atoms with Crippen LogP contribution in [0.15, 0.2) is 0 Å². The van der Waals surface area contributed by atoms with Gasteiger partial charge in [0.2, 0.25) is 0 Å². The first-order valence-corrected chi connectivity index (χ1v) is 8.16. The summed E-state index contributed by atoms with van der Waals surface area (Å²) in [4.78, 5) is 0. The van der Waals surface area contributed by atoms with Crippen molar-refractivity contribution in [3.8, 4) is 0 Å². The molecule has 0 spiro atoms. The van der Waals surface area contributed by atoms with E-state index in [1.807, 2.05) is 7.05 Å². The molecule has 92 valence electrons. The van der Waals surface area contributed by atoms with Crippen molar-refractivity contribution in [2.75, 3.05) is 40.9 Å². The van der Waals surface area contributed by atoms with Crippen molar-refractivity contribution in [3.63, 3.8) is 0 Å². The first-order chi connectivity index (χ1) is 7.18. The van der Waals surface area contributed by atoms with Gasteiger partial charge in [0, 0.05) is 14.2 Å². The summed E-state index contributed by atoms with van der Waals surface area (Å²) in [6, 6.07) is 1.05. The largest absolute Gasteiger partial charge is 0.398 e. The lowest BCUT2D eigenvalue weighted by Crippen LogP contribution is -2.36. The number of hydrogen-bond donors (Lipinski definition) is 2. The van der Waals surface area contributed by atoms with E-state index < -0.39 is 8.56 Å². The van der Waals surface area contributed by atoms with Crippen molar-refractivity contribution in [1.29, 1.82) is 0 Å². The smallest absolute Gasteiger partial charge is 0.334 e. The van der Waals surface area contributed by atoms with Crippen LogP contribution in [0, 0.1) is 0 Å². The zero-order chi connectivity index (χ0) is 11.6.